The average Bonchev–Trinajstić information content (AvgIpc) is 3.43. The number of rotatable bonds is 12. The van der Waals surface area contributed by atoms with Gasteiger partial charge in [0.2, 0.25) is 21.8 Å². The lowest BCUT2D eigenvalue weighted by molar-refractivity contribution is -0.0303. The van der Waals surface area contributed by atoms with E-state index in [4.69, 9.17) is 15.9 Å². The summed E-state index contributed by atoms with van der Waals surface area (Å²) >= 11 is 0. The van der Waals surface area contributed by atoms with Crippen LogP contribution in [0, 0.1) is 19.3 Å². The SMILES string of the molecule is C#CCN(C[C@@H]1c2c(c(O)n(-c3ccccc3)c2O)C[C@@H](OC(=O)NCc2ccccc2)[C@H]1OC(=O)NCc1ccccc1)S(=O)(=O)c1ccc(C)cc1. The van der Waals surface area contributed by atoms with Crippen molar-refractivity contribution in [3.8, 4) is 29.8 Å². The molecule has 0 spiro atoms. The lowest BCUT2D eigenvalue weighted by atomic mass is 9.80. The summed E-state index contributed by atoms with van der Waals surface area (Å²) in [5, 5.41) is 29.0. The Morgan fingerprint density at radius 3 is 1.91 bits per heavy atom. The van der Waals surface area contributed by atoms with Crippen LogP contribution in [0.4, 0.5) is 9.59 Å². The summed E-state index contributed by atoms with van der Waals surface area (Å²) in [6, 6.07) is 33.1. The second-order valence-corrected chi connectivity index (χ2v) is 14.8. The minimum Gasteiger partial charge on any atom is -0.494 e. The topological polar surface area (TPSA) is 159 Å². The Bertz CT molecular complexity index is 2220. The number of carbonyl (C=O) groups excluding carboxylic acids is 2. The van der Waals surface area contributed by atoms with Crippen LogP contribution in [-0.2, 0) is 39.0 Å². The minimum absolute atomic E-state index is 0.0283. The number of carbonyl (C=O) groups is 2. The summed E-state index contributed by atoms with van der Waals surface area (Å²) < 4.78 is 42.6. The number of aromatic hydroxyl groups is 2. The summed E-state index contributed by atoms with van der Waals surface area (Å²) in [5.74, 6) is 0.450. The summed E-state index contributed by atoms with van der Waals surface area (Å²) in [7, 11) is -4.26. The number of aromatic nitrogens is 1. The quantitative estimate of drug-likeness (QED) is 0.118. The molecule has 54 heavy (non-hydrogen) atoms. The summed E-state index contributed by atoms with van der Waals surface area (Å²) in [5.41, 5.74) is 3.14. The van der Waals surface area contributed by atoms with E-state index in [0.717, 1.165) is 21.0 Å². The van der Waals surface area contributed by atoms with Crippen molar-refractivity contribution >= 4 is 22.2 Å². The lowest BCUT2D eigenvalue weighted by Gasteiger charge is -2.38. The van der Waals surface area contributed by atoms with E-state index in [1.54, 1.807) is 42.5 Å². The number of hydrogen-bond donors (Lipinski definition) is 4. The molecule has 2 amide bonds. The van der Waals surface area contributed by atoms with Gasteiger partial charge >= 0.3 is 12.2 Å². The maximum absolute atomic E-state index is 14.2. The number of aryl methyl sites for hydroxylation is 1. The number of ether oxygens (including phenoxy) is 2. The van der Waals surface area contributed by atoms with Gasteiger partial charge in [-0.1, -0.05) is 102 Å². The molecule has 0 radical (unpaired) electrons. The summed E-state index contributed by atoms with van der Waals surface area (Å²) in [6.07, 6.45) is 1.17. The number of sulfonamides is 1. The first kappa shape index (κ1) is 37.5. The molecular weight excluding hydrogens is 709 g/mol. The first-order valence-electron chi connectivity index (χ1n) is 17.2. The highest BCUT2D eigenvalue weighted by Gasteiger charge is 2.48. The molecule has 0 unspecified atom stereocenters. The van der Waals surface area contributed by atoms with Crippen molar-refractivity contribution in [2.24, 2.45) is 0 Å². The Kier molecular flexibility index (Phi) is 11.6. The fourth-order valence-corrected chi connectivity index (χ4v) is 7.92. The second kappa shape index (κ2) is 16.6. The highest BCUT2D eigenvalue weighted by molar-refractivity contribution is 7.89. The zero-order valence-corrected chi connectivity index (χ0v) is 30.3. The van der Waals surface area contributed by atoms with E-state index >= 15 is 0 Å². The zero-order valence-electron chi connectivity index (χ0n) is 29.5. The Hall–Kier alpha value is -6.23. The molecule has 1 aromatic heterocycles. The molecule has 4 aromatic carbocycles. The monoisotopic (exact) mass is 748 g/mol. The van der Waals surface area contributed by atoms with Crippen LogP contribution in [0.1, 0.15) is 33.7 Å². The number of para-hydroxylation sites is 1. The normalized spacial score (nSPS) is 16.5. The lowest BCUT2D eigenvalue weighted by Crippen LogP contribution is -2.50. The van der Waals surface area contributed by atoms with Crippen LogP contribution in [0.25, 0.3) is 5.69 Å². The van der Waals surface area contributed by atoms with Crippen LogP contribution < -0.4 is 10.6 Å². The highest BCUT2D eigenvalue weighted by Crippen LogP contribution is 2.48. The number of hydrogen-bond acceptors (Lipinski definition) is 8. The molecule has 1 aliphatic carbocycles. The van der Waals surface area contributed by atoms with Gasteiger partial charge in [-0.25, -0.2) is 18.0 Å². The number of nitrogens with one attached hydrogen (secondary N) is 2. The van der Waals surface area contributed by atoms with Crippen molar-refractivity contribution in [2.75, 3.05) is 13.1 Å². The molecule has 278 valence electrons. The Morgan fingerprint density at radius 1 is 0.815 bits per heavy atom. The number of terminal acetylenes is 1. The molecule has 13 heteroatoms. The number of amides is 2. The Morgan fingerprint density at radius 2 is 1.35 bits per heavy atom. The predicted molar refractivity (Wildman–Crippen MR) is 201 cm³/mol. The number of nitrogens with zero attached hydrogens (tertiary/aromatic N) is 2. The number of alkyl carbamates (subject to hydrolysis) is 2. The molecule has 1 aliphatic rings. The van der Waals surface area contributed by atoms with Gasteiger partial charge in [-0.15, -0.1) is 6.42 Å². The fraction of sp³-hybridized carbons (Fsp3) is 0.220. The molecule has 1 heterocycles. The zero-order chi connectivity index (χ0) is 38.2. The first-order valence-corrected chi connectivity index (χ1v) is 18.7. The fourth-order valence-electron chi connectivity index (χ4n) is 6.54. The van der Waals surface area contributed by atoms with Gasteiger partial charge in [0.15, 0.2) is 0 Å². The van der Waals surface area contributed by atoms with E-state index < -0.39 is 52.8 Å². The predicted octanol–water partition coefficient (Wildman–Crippen LogP) is 5.75. The summed E-state index contributed by atoms with van der Waals surface area (Å²) in [6.45, 7) is 1.25. The van der Waals surface area contributed by atoms with Crippen LogP contribution in [0.5, 0.6) is 11.8 Å². The standard InChI is InChI=1S/C41H40N4O8S/c1-3-23-44(54(50,51)32-21-19-28(2)20-22-32)27-34-36-33(38(46)45(39(36)47)31-17-11-6-12-18-31)24-35(52-40(48)42-25-29-13-7-4-8-14-29)37(34)53-41(49)43-26-30-15-9-5-10-16-30/h1,4-22,34-35,37,46-47H,23-27H2,2H3,(H,42,48)(H,43,49)/t34-,35-,37+/m1/s1. The molecule has 0 saturated heterocycles. The molecular formula is C41H40N4O8S. The van der Waals surface area contributed by atoms with Crippen molar-refractivity contribution in [1.29, 1.82) is 0 Å². The van der Waals surface area contributed by atoms with Gasteiger partial charge in [-0.05, 0) is 42.3 Å². The van der Waals surface area contributed by atoms with Crippen LogP contribution >= 0.6 is 0 Å². The first-order chi connectivity index (χ1) is 26.1. The van der Waals surface area contributed by atoms with Crippen molar-refractivity contribution < 1.29 is 37.7 Å². The molecule has 0 fully saturated rings. The summed E-state index contributed by atoms with van der Waals surface area (Å²) in [4.78, 5) is 26.9. The maximum atomic E-state index is 14.2. The molecule has 0 saturated carbocycles. The van der Waals surface area contributed by atoms with Crippen molar-refractivity contribution in [3.63, 3.8) is 0 Å². The van der Waals surface area contributed by atoms with Crippen LogP contribution in [-0.4, -0.2) is 65.0 Å². The third-order valence-corrected chi connectivity index (χ3v) is 11.0. The van der Waals surface area contributed by atoms with E-state index in [1.807, 2.05) is 67.6 Å². The van der Waals surface area contributed by atoms with Gasteiger partial charge < -0.3 is 30.3 Å². The van der Waals surface area contributed by atoms with E-state index in [9.17, 15) is 28.2 Å². The molecule has 3 atom stereocenters. The molecule has 0 aliphatic heterocycles. The second-order valence-electron chi connectivity index (χ2n) is 12.8. The Balaban J connectivity index is 1.43. The largest absolute Gasteiger partial charge is 0.494 e. The van der Waals surface area contributed by atoms with Crippen molar-refractivity contribution in [2.45, 2.75) is 49.5 Å². The molecule has 4 N–H and O–H groups in total. The van der Waals surface area contributed by atoms with Gasteiger partial charge in [-0.3, -0.25) is 4.57 Å². The van der Waals surface area contributed by atoms with E-state index in [-0.39, 0.29) is 48.0 Å². The van der Waals surface area contributed by atoms with Gasteiger partial charge in [0.1, 0.15) is 12.2 Å². The van der Waals surface area contributed by atoms with Crippen LogP contribution in [0.3, 0.4) is 0 Å². The van der Waals surface area contributed by atoms with E-state index in [2.05, 4.69) is 16.6 Å². The number of benzene rings is 4. The molecule has 6 rings (SSSR count). The van der Waals surface area contributed by atoms with Crippen molar-refractivity contribution in [3.05, 3.63) is 143 Å². The van der Waals surface area contributed by atoms with Crippen molar-refractivity contribution in [1.82, 2.24) is 19.5 Å². The number of fused-ring (bicyclic) bond motifs is 1. The molecule has 0 bridgehead atoms. The highest BCUT2D eigenvalue weighted by atomic mass is 32.2. The van der Waals surface area contributed by atoms with Gasteiger partial charge in [0.05, 0.1) is 17.1 Å². The Labute approximate surface area is 314 Å². The van der Waals surface area contributed by atoms with Crippen LogP contribution in [0.2, 0.25) is 0 Å². The van der Waals surface area contributed by atoms with E-state index in [1.165, 1.54) is 16.7 Å². The van der Waals surface area contributed by atoms with Gasteiger partial charge in [-0.2, -0.15) is 4.31 Å². The minimum atomic E-state index is -4.26. The van der Waals surface area contributed by atoms with Gasteiger partial charge in [0, 0.05) is 43.1 Å². The molecule has 12 nitrogen and oxygen atoms in total. The molecule has 5 aromatic rings. The van der Waals surface area contributed by atoms with E-state index in [0.29, 0.717) is 5.69 Å². The third-order valence-electron chi connectivity index (χ3n) is 9.20. The smallest absolute Gasteiger partial charge is 0.407 e. The maximum Gasteiger partial charge on any atom is 0.407 e. The third kappa shape index (κ3) is 8.36. The van der Waals surface area contributed by atoms with Gasteiger partial charge in [0.25, 0.3) is 0 Å². The average molecular weight is 749 g/mol. The van der Waals surface area contributed by atoms with Crippen LogP contribution in [0.15, 0.2) is 120 Å².